The number of aryl methyl sites for hydroxylation is 1. The summed E-state index contributed by atoms with van der Waals surface area (Å²) in [5, 5.41) is 14.0. The summed E-state index contributed by atoms with van der Waals surface area (Å²) in [4.78, 5) is 29.4. The summed E-state index contributed by atoms with van der Waals surface area (Å²) in [6, 6.07) is 6.28. The van der Waals surface area contributed by atoms with Crippen LogP contribution in [0.25, 0.3) is 5.69 Å². The van der Waals surface area contributed by atoms with Crippen LogP contribution in [0.4, 0.5) is 5.13 Å². The molecule has 0 aliphatic carbocycles. The minimum Gasteiger partial charge on any atom is -0.462 e. The number of hydrogen-bond donors (Lipinski definition) is 1. The van der Waals surface area contributed by atoms with Crippen LogP contribution in [-0.4, -0.2) is 69.5 Å². The molecule has 4 rings (SSSR count). The Labute approximate surface area is 200 Å². The second-order valence-electron chi connectivity index (χ2n) is 7.57. The lowest BCUT2D eigenvalue weighted by molar-refractivity contribution is -0.120. The Morgan fingerprint density at radius 2 is 1.91 bits per heavy atom. The SMILES string of the molecule is CCOC(=O)c1sc(NC(=O)C2CCN(S(=O)(=O)c3ccc(-n4cnnn4)cc3)CC2)nc1C. The maximum Gasteiger partial charge on any atom is 0.350 e. The molecule has 1 aromatic carbocycles. The molecule has 0 atom stereocenters. The quantitative estimate of drug-likeness (QED) is 0.473. The molecule has 180 valence electrons. The van der Waals surface area contributed by atoms with Gasteiger partial charge in [-0.05, 0) is 61.4 Å². The highest BCUT2D eigenvalue weighted by Gasteiger charge is 2.32. The molecule has 0 unspecified atom stereocenters. The molecule has 3 heterocycles. The fourth-order valence-corrected chi connectivity index (χ4v) is 5.93. The summed E-state index contributed by atoms with van der Waals surface area (Å²) in [6.07, 6.45) is 2.18. The number of hydrogen-bond acceptors (Lipinski definition) is 10. The second kappa shape index (κ2) is 9.95. The van der Waals surface area contributed by atoms with Crippen molar-refractivity contribution in [2.75, 3.05) is 25.0 Å². The van der Waals surface area contributed by atoms with Crippen LogP contribution in [0.5, 0.6) is 0 Å². The highest BCUT2D eigenvalue weighted by molar-refractivity contribution is 7.89. The van der Waals surface area contributed by atoms with Crippen molar-refractivity contribution in [2.45, 2.75) is 31.6 Å². The predicted molar refractivity (Wildman–Crippen MR) is 122 cm³/mol. The number of nitrogens with zero attached hydrogens (tertiary/aromatic N) is 6. The van der Waals surface area contributed by atoms with Gasteiger partial charge in [0.2, 0.25) is 15.9 Å². The Bertz CT molecular complexity index is 1270. The van der Waals surface area contributed by atoms with Crippen molar-refractivity contribution in [3.05, 3.63) is 41.2 Å². The standard InChI is InChI=1S/C20H23N7O5S2/c1-3-32-19(29)17-13(2)22-20(33-17)23-18(28)14-8-10-26(11-9-14)34(30,31)16-6-4-15(5-7-16)27-12-21-24-25-27/h4-7,12,14H,3,8-11H2,1-2H3,(H,22,23,28). The largest absolute Gasteiger partial charge is 0.462 e. The number of rotatable bonds is 7. The lowest BCUT2D eigenvalue weighted by atomic mass is 9.97. The van der Waals surface area contributed by atoms with Crippen LogP contribution in [0.2, 0.25) is 0 Å². The molecule has 1 aliphatic heterocycles. The van der Waals surface area contributed by atoms with Gasteiger partial charge < -0.3 is 10.1 Å². The van der Waals surface area contributed by atoms with Crippen LogP contribution in [0.1, 0.15) is 35.1 Å². The number of carbonyl (C=O) groups excluding carboxylic acids is 2. The van der Waals surface area contributed by atoms with Gasteiger partial charge >= 0.3 is 5.97 Å². The zero-order valence-electron chi connectivity index (χ0n) is 18.5. The van der Waals surface area contributed by atoms with E-state index in [0.717, 1.165) is 11.3 Å². The van der Waals surface area contributed by atoms with Crippen molar-refractivity contribution in [1.82, 2.24) is 29.5 Å². The number of esters is 1. The Morgan fingerprint density at radius 3 is 2.53 bits per heavy atom. The van der Waals surface area contributed by atoms with E-state index in [-0.39, 0.29) is 36.4 Å². The zero-order chi connectivity index (χ0) is 24.3. The van der Waals surface area contributed by atoms with Crippen LogP contribution >= 0.6 is 11.3 Å². The van der Waals surface area contributed by atoms with Gasteiger partial charge in [-0.3, -0.25) is 4.79 Å². The molecule has 1 amide bonds. The lowest BCUT2D eigenvalue weighted by Crippen LogP contribution is -2.41. The van der Waals surface area contributed by atoms with Gasteiger partial charge in [0.15, 0.2) is 5.13 Å². The highest BCUT2D eigenvalue weighted by atomic mass is 32.2. The van der Waals surface area contributed by atoms with Crippen molar-refractivity contribution < 1.29 is 22.7 Å². The number of amides is 1. The van der Waals surface area contributed by atoms with E-state index in [1.54, 1.807) is 26.0 Å². The first kappa shape index (κ1) is 23.9. The third-order valence-corrected chi connectivity index (χ3v) is 8.37. The number of thiazole rings is 1. The van der Waals surface area contributed by atoms with Crippen molar-refractivity contribution >= 4 is 38.4 Å². The van der Waals surface area contributed by atoms with E-state index < -0.39 is 16.0 Å². The topological polar surface area (TPSA) is 149 Å². The number of carbonyl (C=O) groups is 2. The summed E-state index contributed by atoms with van der Waals surface area (Å²) >= 11 is 1.06. The Morgan fingerprint density at radius 1 is 1.21 bits per heavy atom. The van der Waals surface area contributed by atoms with Gasteiger partial charge in [-0.25, -0.2) is 22.9 Å². The van der Waals surface area contributed by atoms with Crippen molar-refractivity contribution in [1.29, 1.82) is 0 Å². The van der Waals surface area contributed by atoms with Gasteiger partial charge in [-0.15, -0.1) is 5.10 Å². The number of piperidine rings is 1. The molecule has 12 nitrogen and oxygen atoms in total. The van der Waals surface area contributed by atoms with E-state index >= 15 is 0 Å². The summed E-state index contributed by atoms with van der Waals surface area (Å²) in [6.45, 7) is 4.09. The third kappa shape index (κ3) is 4.98. The van der Waals surface area contributed by atoms with E-state index in [4.69, 9.17) is 4.74 Å². The van der Waals surface area contributed by atoms with Crippen molar-refractivity contribution in [2.24, 2.45) is 5.92 Å². The van der Waals surface area contributed by atoms with Gasteiger partial charge in [0.25, 0.3) is 0 Å². The van der Waals surface area contributed by atoms with Crippen LogP contribution in [0.15, 0.2) is 35.5 Å². The fraction of sp³-hybridized carbons (Fsp3) is 0.400. The molecule has 1 fully saturated rings. The average Bonchev–Trinajstić information content (AvgIpc) is 3.49. The minimum atomic E-state index is -3.69. The van der Waals surface area contributed by atoms with Gasteiger partial charge in [0, 0.05) is 19.0 Å². The Kier molecular flexibility index (Phi) is 7.00. The van der Waals surface area contributed by atoms with Crippen molar-refractivity contribution in [3.8, 4) is 5.69 Å². The molecule has 14 heteroatoms. The summed E-state index contributed by atoms with van der Waals surface area (Å²) in [5.74, 6) is -1.07. The molecule has 0 radical (unpaired) electrons. The van der Waals surface area contributed by atoms with E-state index in [2.05, 4.69) is 25.8 Å². The maximum atomic E-state index is 13.0. The molecule has 0 bridgehead atoms. The van der Waals surface area contributed by atoms with Crippen LogP contribution in [0, 0.1) is 12.8 Å². The second-order valence-corrected chi connectivity index (χ2v) is 10.5. The average molecular weight is 506 g/mol. The number of ether oxygens (including phenoxy) is 1. The molecule has 1 saturated heterocycles. The molecule has 1 aliphatic rings. The molecule has 1 N–H and O–H groups in total. The number of nitrogens with one attached hydrogen (secondary N) is 1. The monoisotopic (exact) mass is 505 g/mol. The van der Waals surface area contributed by atoms with Gasteiger partial charge in [0.1, 0.15) is 11.2 Å². The highest BCUT2D eigenvalue weighted by Crippen LogP contribution is 2.27. The Hall–Kier alpha value is -3.23. The lowest BCUT2D eigenvalue weighted by Gasteiger charge is -2.30. The molecule has 2 aromatic heterocycles. The third-order valence-electron chi connectivity index (χ3n) is 5.40. The molecule has 0 saturated carbocycles. The molecule has 3 aromatic rings. The minimum absolute atomic E-state index is 0.164. The van der Waals surface area contributed by atoms with E-state index in [1.807, 2.05) is 0 Å². The van der Waals surface area contributed by atoms with Gasteiger partial charge in [0.05, 0.1) is 22.9 Å². The van der Waals surface area contributed by atoms with Crippen molar-refractivity contribution in [3.63, 3.8) is 0 Å². The maximum absolute atomic E-state index is 13.0. The number of anilines is 1. The fourth-order valence-electron chi connectivity index (χ4n) is 3.60. The van der Waals surface area contributed by atoms with Gasteiger partial charge in [-0.2, -0.15) is 4.31 Å². The zero-order valence-corrected chi connectivity index (χ0v) is 20.2. The molecule has 0 spiro atoms. The van der Waals surface area contributed by atoms with Crippen LogP contribution < -0.4 is 5.32 Å². The molecular weight excluding hydrogens is 482 g/mol. The number of benzene rings is 1. The number of tetrazole rings is 1. The molecular formula is C20H23N7O5S2. The first-order valence-electron chi connectivity index (χ1n) is 10.6. The van der Waals surface area contributed by atoms with E-state index in [9.17, 15) is 18.0 Å². The summed E-state index contributed by atoms with van der Waals surface area (Å²) < 4.78 is 33.9. The van der Waals surface area contributed by atoms with E-state index in [1.165, 1.54) is 27.4 Å². The number of sulfonamides is 1. The smallest absolute Gasteiger partial charge is 0.350 e. The first-order valence-corrected chi connectivity index (χ1v) is 12.8. The van der Waals surface area contributed by atoms with Crippen LogP contribution in [0.3, 0.4) is 0 Å². The predicted octanol–water partition coefficient (Wildman–Crippen LogP) is 1.64. The van der Waals surface area contributed by atoms with Gasteiger partial charge in [-0.1, -0.05) is 11.3 Å². The summed E-state index contributed by atoms with van der Waals surface area (Å²) in [7, 11) is -3.69. The van der Waals surface area contributed by atoms with Crippen LogP contribution in [-0.2, 0) is 19.6 Å². The number of aromatic nitrogens is 5. The summed E-state index contributed by atoms with van der Waals surface area (Å²) in [5.41, 5.74) is 1.13. The Balaban J connectivity index is 1.36. The normalized spacial score (nSPS) is 15.2. The molecule has 34 heavy (non-hydrogen) atoms. The van der Waals surface area contributed by atoms with E-state index in [0.29, 0.717) is 34.2 Å². The first-order chi connectivity index (χ1) is 16.3.